The van der Waals surface area contributed by atoms with E-state index in [1.807, 2.05) is 27.8 Å². The van der Waals surface area contributed by atoms with Gasteiger partial charge in [0.25, 0.3) is 0 Å². The Kier molecular flexibility index (Phi) is 9.11. The van der Waals surface area contributed by atoms with Crippen molar-refractivity contribution in [1.29, 1.82) is 0 Å². The molecular weight excluding hydrogens is 395 g/mol. The molecule has 0 aromatic rings. The lowest BCUT2D eigenvalue weighted by atomic mass is 9.81. The van der Waals surface area contributed by atoms with E-state index < -0.39 is 5.60 Å². The van der Waals surface area contributed by atoms with Crippen LogP contribution in [0, 0.1) is 0 Å². The van der Waals surface area contributed by atoms with E-state index in [1.54, 1.807) is 7.05 Å². The van der Waals surface area contributed by atoms with Crippen LogP contribution in [0.15, 0.2) is 4.99 Å². The van der Waals surface area contributed by atoms with E-state index in [4.69, 9.17) is 4.74 Å². The Morgan fingerprint density at radius 2 is 1.82 bits per heavy atom. The summed E-state index contributed by atoms with van der Waals surface area (Å²) in [7, 11) is 3.55. The number of ether oxygens (including phenoxy) is 1. The van der Waals surface area contributed by atoms with Crippen LogP contribution in [0.1, 0.15) is 52.9 Å². The standard InChI is InChI=1S/C15H30N4O2.HI/c1-14(2,3)21-13(20)19-15(9-7-6-8-10-15)11-18-12(16-4)17-5;/h6-11H2,1-5H3,(H,19,20)(H2,16,17,18);1H. The smallest absolute Gasteiger partial charge is 0.408 e. The van der Waals surface area contributed by atoms with Crippen molar-refractivity contribution in [3.63, 3.8) is 0 Å². The molecule has 0 unspecified atom stereocenters. The van der Waals surface area contributed by atoms with Crippen molar-refractivity contribution in [3.8, 4) is 0 Å². The molecule has 0 heterocycles. The van der Waals surface area contributed by atoms with Crippen LogP contribution < -0.4 is 16.0 Å². The average Bonchev–Trinajstić information content (AvgIpc) is 2.38. The van der Waals surface area contributed by atoms with Gasteiger partial charge in [-0.15, -0.1) is 24.0 Å². The number of rotatable bonds is 3. The summed E-state index contributed by atoms with van der Waals surface area (Å²) in [5.74, 6) is 0.728. The Hall–Kier alpha value is -0.730. The monoisotopic (exact) mass is 426 g/mol. The van der Waals surface area contributed by atoms with E-state index in [2.05, 4.69) is 20.9 Å². The van der Waals surface area contributed by atoms with Crippen molar-refractivity contribution >= 4 is 36.0 Å². The molecule has 0 bridgehead atoms. The molecule has 0 atom stereocenters. The van der Waals surface area contributed by atoms with Crippen molar-refractivity contribution in [1.82, 2.24) is 16.0 Å². The summed E-state index contributed by atoms with van der Waals surface area (Å²) < 4.78 is 5.40. The van der Waals surface area contributed by atoms with Crippen molar-refractivity contribution in [3.05, 3.63) is 0 Å². The van der Waals surface area contributed by atoms with E-state index in [0.29, 0.717) is 6.54 Å². The Morgan fingerprint density at radius 1 is 1.23 bits per heavy atom. The fourth-order valence-electron chi connectivity index (χ4n) is 2.63. The lowest BCUT2D eigenvalue weighted by Crippen LogP contribution is -2.58. The lowest BCUT2D eigenvalue weighted by Gasteiger charge is -2.38. The molecule has 3 N–H and O–H groups in total. The molecule has 130 valence electrons. The van der Waals surface area contributed by atoms with E-state index in [0.717, 1.165) is 31.6 Å². The molecule has 0 aliphatic heterocycles. The average molecular weight is 426 g/mol. The number of aliphatic imine (C=N–C) groups is 1. The van der Waals surface area contributed by atoms with Crippen molar-refractivity contribution in [2.45, 2.75) is 64.0 Å². The van der Waals surface area contributed by atoms with Crippen LogP contribution in [0.25, 0.3) is 0 Å². The minimum Gasteiger partial charge on any atom is -0.444 e. The van der Waals surface area contributed by atoms with Gasteiger partial charge in [0.05, 0.1) is 5.54 Å². The second-order valence-corrected chi connectivity index (χ2v) is 6.64. The van der Waals surface area contributed by atoms with Crippen LogP contribution in [-0.2, 0) is 4.74 Å². The Labute approximate surface area is 151 Å². The van der Waals surface area contributed by atoms with Gasteiger partial charge in [0.15, 0.2) is 5.96 Å². The maximum Gasteiger partial charge on any atom is 0.408 e. The normalized spacial score (nSPS) is 18.0. The second kappa shape index (κ2) is 9.42. The highest BCUT2D eigenvalue weighted by molar-refractivity contribution is 14.0. The Bertz CT molecular complexity index is 374. The van der Waals surface area contributed by atoms with Crippen LogP contribution in [-0.4, -0.2) is 43.8 Å². The van der Waals surface area contributed by atoms with Gasteiger partial charge < -0.3 is 20.7 Å². The number of nitrogens with zero attached hydrogens (tertiary/aromatic N) is 1. The molecule has 0 radical (unpaired) electrons. The largest absolute Gasteiger partial charge is 0.444 e. The first-order valence-electron chi connectivity index (χ1n) is 7.70. The number of alkyl carbamates (subject to hydrolysis) is 1. The van der Waals surface area contributed by atoms with Gasteiger partial charge in [0, 0.05) is 20.6 Å². The molecule has 0 saturated heterocycles. The minimum atomic E-state index is -0.478. The van der Waals surface area contributed by atoms with Gasteiger partial charge in [-0.25, -0.2) is 4.79 Å². The zero-order valence-corrected chi connectivity index (χ0v) is 16.7. The highest BCUT2D eigenvalue weighted by Gasteiger charge is 2.35. The highest BCUT2D eigenvalue weighted by atomic mass is 127. The molecule has 0 aromatic carbocycles. The summed E-state index contributed by atoms with van der Waals surface area (Å²) in [6.07, 6.45) is 5.04. The topological polar surface area (TPSA) is 74.8 Å². The van der Waals surface area contributed by atoms with E-state index >= 15 is 0 Å². The summed E-state index contributed by atoms with van der Waals surface area (Å²) in [6, 6.07) is 0. The predicted molar refractivity (Wildman–Crippen MR) is 101 cm³/mol. The molecular formula is C15H31IN4O2. The number of nitrogens with one attached hydrogen (secondary N) is 3. The summed E-state index contributed by atoms with van der Waals surface area (Å²) in [5.41, 5.74) is -0.734. The van der Waals surface area contributed by atoms with Crippen LogP contribution in [0.5, 0.6) is 0 Å². The predicted octanol–water partition coefficient (Wildman–Crippen LogP) is 2.63. The molecule has 22 heavy (non-hydrogen) atoms. The van der Waals surface area contributed by atoms with Crippen LogP contribution in [0.3, 0.4) is 0 Å². The van der Waals surface area contributed by atoms with Gasteiger partial charge in [-0.1, -0.05) is 19.3 Å². The first kappa shape index (κ1) is 21.3. The van der Waals surface area contributed by atoms with Gasteiger partial charge in [0.1, 0.15) is 5.60 Å². The third-order valence-corrected chi connectivity index (χ3v) is 3.63. The van der Waals surface area contributed by atoms with Crippen molar-refractivity contribution in [2.75, 3.05) is 20.6 Å². The molecule has 0 spiro atoms. The Balaban J connectivity index is 0.00000441. The van der Waals surface area contributed by atoms with Crippen LogP contribution >= 0.6 is 24.0 Å². The fourth-order valence-corrected chi connectivity index (χ4v) is 2.63. The third-order valence-electron chi connectivity index (χ3n) is 3.63. The second-order valence-electron chi connectivity index (χ2n) is 6.64. The van der Waals surface area contributed by atoms with Gasteiger partial charge >= 0.3 is 6.09 Å². The molecule has 0 aromatic heterocycles. The summed E-state index contributed by atoms with van der Waals surface area (Å²) in [6.45, 7) is 6.28. The highest BCUT2D eigenvalue weighted by Crippen LogP contribution is 2.28. The molecule has 1 amide bonds. The third kappa shape index (κ3) is 7.51. The van der Waals surface area contributed by atoms with Crippen molar-refractivity contribution < 1.29 is 9.53 Å². The molecule has 1 fully saturated rings. The number of hydrogen-bond donors (Lipinski definition) is 3. The molecule has 6 nitrogen and oxygen atoms in total. The molecule has 1 rings (SSSR count). The molecule has 1 aliphatic carbocycles. The van der Waals surface area contributed by atoms with E-state index in [1.165, 1.54) is 6.42 Å². The SMILES string of the molecule is CN=C(NC)NCC1(NC(=O)OC(C)(C)C)CCCCC1.I. The number of hydrogen-bond acceptors (Lipinski definition) is 3. The first-order valence-corrected chi connectivity index (χ1v) is 7.70. The number of amides is 1. The number of carbonyl (C=O) groups is 1. The van der Waals surface area contributed by atoms with E-state index in [9.17, 15) is 4.79 Å². The van der Waals surface area contributed by atoms with Gasteiger partial charge in [-0.3, -0.25) is 4.99 Å². The van der Waals surface area contributed by atoms with Gasteiger partial charge in [-0.05, 0) is 33.6 Å². The summed E-state index contributed by atoms with van der Waals surface area (Å²) >= 11 is 0. The number of halogens is 1. The molecule has 1 aliphatic rings. The first-order chi connectivity index (χ1) is 9.80. The fraction of sp³-hybridized carbons (Fsp3) is 0.867. The number of carbonyl (C=O) groups excluding carboxylic acids is 1. The number of guanidine groups is 1. The van der Waals surface area contributed by atoms with Crippen LogP contribution in [0.4, 0.5) is 4.79 Å². The van der Waals surface area contributed by atoms with E-state index in [-0.39, 0.29) is 35.6 Å². The maximum atomic E-state index is 12.1. The van der Waals surface area contributed by atoms with Crippen molar-refractivity contribution in [2.24, 2.45) is 4.99 Å². The zero-order chi connectivity index (χ0) is 15.9. The quantitative estimate of drug-likeness (QED) is 0.369. The van der Waals surface area contributed by atoms with Gasteiger partial charge in [0.2, 0.25) is 0 Å². The van der Waals surface area contributed by atoms with Gasteiger partial charge in [-0.2, -0.15) is 0 Å². The minimum absolute atomic E-state index is 0. The molecule has 7 heteroatoms. The summed E-state index contributed by atoms with van der Waals surface area (Å²) in [5, 5.41) is 9.35. The lowest BCUT2D eigenvalue weighted by molar-refractivity contribution is 0.0427. The van der Waals surface area contributed by atoms with Crippen LogP contribution in [0.2, 0.25) is 0 Å². The zero-order valence-electron chi connectivity index (χ0n) is 14.4. The maximum absolute atomic E-state index is 12.1. The molecule has 1 saturated carbocycles. The summed E-state index contributed by atoms with van der Waals surface area (Å²) in [4.78, 5) is 16.2. The Morgan fingerprint density at radius 3 is 2.27 bits per heavy atom.